The Bertz CT molecular complexity index is 1290. The maximum Gasteiger partial charge on any atom is 0.256 e. The second-order valence-corrected chi connectivity index (χ2v) is 7.44. The first-order chi connectivity index (χ1) is 15.3. The molecule has 0 heterocycles. The number of carbonyl (C=O) groups is 1. The van der Waals surface area contributed by atoms with Gasteiger partial charge in [-0.25, -0.2) is 0 Å². The van der Waals surface area contributed by atoms with Crippen molar-refractivity contribution in [1.29, 1.82) is 0 Å². The van der Waals surface area contributed by atoms with Gasteiger partial charge in [0.2, 0.25) is 0 Å². The highest BCUT2D eigenvalue weighted by molar-refractivity contribution is 6.15. The normalized spacial score (nSPS) is 10.7. The van der Waals surface area contributed by atoms with Gasteiger partial charge in [0.1, 0.15) is 0 Å². The first-order valence-electron chi connectivity index (χ1n) is 10.3. The molecule has 0 atom stereocenters. The predicted molar refractivity (Wildman–Crippen MR) is 129 cm³/mol. The minimum Gasteiger partial charge on any atom is -0.321 e. The summed E-state index contributed by atoms with van der Waals surface area (Å²) in [5, 5.41) is 5.24. The van der Waals surface area contributed by atoms with E-state index in [0.29, 0.717) is 5.56 Å². The Kier molecular flexibility index (Phi) is 5.04. The fourth-order valence-corrected chi connectivity index (χ4v) is 4.01. The lowest BCUT2D eigenvalue weighted by molar-refractivity contribution is 0.102. The fourth-order valence-electron chi connectivity index (χ4n) is 4.01. The second kappa shape index (κ2) is 8.29. The highest BCUT2D eigenvalue weighted by Gasteiger charge is 2.17. The lowest BCUT2D eigenvalue weighted by Crippen LogP contribution is -2.14. The molecule has 0 fully saturated rings. The van der Waals surface area contributed by atoms with Crippen molar-refractivity contribution in [2.24, 2.45) is 0 Å². The molecule has 0 saturated carbocycles. The Labute approximate surface area is 181 Å². The first-order valence-corrected chi connectivity index (χ1v) is 10.3. The Morgan fingerprint density at radius 2 is 1.03 bits per heavy atom. The number of amides is 1. The van der Waals surface area contributed by atoms with Crippen LogP contribution >= 0.6 is 0 Å². The molecular formula is C29H21NO. The van der Waals surface area contributed by atoms with E-state index >= 15 is 0 Å². The van der Waals surface area contributed by atoms with E-state index in [1.165, 1.54) is 0 Å². The summed E-state index contributed by atoms with van der Waals surface area (Å²) >= 11 is 0. The van der Waals surface area contributed by atoms with Gasteiger partial charge in [0.25, 0.3) is 5.91 Å². The lowest BCUT2D eigenvalue weighted by atomic mass is 9.95. The van der Waals surface area contributed by atoms with Gasteiger partial charge in [-0.1, -0.05) is 115 Å². The van der Waals surface area contributed by atoms with E-state index in [1.54, 1.807) is 0 Å². The number of nitrogens with one attached hydrogen (secondary N) is 1. The standard InChI is InChI=1S/C29H21NO/c31-29(27-20-9-16-21-15-7-8-17-24(21)27)30-28-25(22-11-3-1-4-12-22)18-10-19-26(28)23-13-5-2-6-14-23/h1-20H,(H,30,31). The molecule has 2 heteroatoms. The van der Waals surface area contributed by atoms with Crippen LogP contribution in [0.15, 0.2) is 121 Å². The Balaban J connectivity index is 1.66. The molecule has 2 nitrogen and oxygen atoms in total. The summed E-state index contributed by atoms with van der Waals surface area (Å²) in [5.74, 6) is -0.114. The molecule has 0 aromatic heterocycles. The summed E-state index contributed by atoms with van der Waals surface area (Å²) in [6.45, 7) is 0. The molecule has 0 unspecified atom stereocenters. The maximum absolute atomic E-state index is 13.5. The molecule has 0 aliphatic heterocycles. The summed E-state index contributed by atoms with van der Waals surface area (Å²) in [6, 6.07) is 40.3. The Morgan fingerprint density at radius 3 is 1.68 bits per heavy atom. The quantitative estimate of drug-likeness (QED) is 0.334. The van der Waals surface area contributed by atoms with Crippen molar-refractivity contribution in [1.82, 2.24) is 0 Å². The van der Waals surface area contributed by atoms with E-state index in [0.717, 1.165) is 38.7 Å². The molecule has 0 spiro atoms. The topological polar surface area (TPSA) is 29.1 Å². The van der Waals surface area contributed by atoms with E-state index in [2.05, 4.69) is 41.7 Å². The molecule has 0 saturated heterocycles. The molecular weight excluding hydrogens is 378 g/mol. The van der Waals surface area contributed by atoms with E-state index in [1.807, 2.05) is 84.9 Å². The first kappa shape index (κ1) is 18.8. The Hall–Kier alpha value is -4.17. The predicted octanol–water partition coefficient (Wildman–Crippen LogP) is 7.43. The van der Waals surface area contributed by atoms with Gasteiger partial charge in [-0.2, -0.15) is 0 Å². The molecule has 5 aromatic rings. The zero-order valence-corrected chi connectivity index (χ0v) is 17.0. The van der Waals surface area contributed by atoms with Crippen LogP contribution in [0.1, 0.15) is 10.4 Å². The van der Waals surface area contributed by atoms with Crippen LogP contribution in [-0.4, -0.2) is 5.91 Å². The molecule has 148 valence electrons. The lowest BCUT2D eigenvalue weighted by Gasteiger charge is -2.17. The van der Waals surface area contributed by atoms with Crippen molar-refractivity contribution in [2.45, 2.75) is 0 Å². The van der Waals surface area contributed by atoms with Crippen LogP contribution < -0.4 is 5.32 Å². The van der Waals surface area contributed by atoms with Crippen LogP contribution in [0.2, 0.25) is 0 Å². The number of carbonyl (C=O) groups excluding carboxylic acids is 1. The molecule has 0 radical (unpaired) electrons. The van der Waals surface area contributed by atoms with Gasteiger partial charge in [-0.05, 0) is 28.0 Å². The summed E-state index contributed by atoms with van der Waals surface area (Å²) in [5.41, 5.74) is 5.60. The number of rotatable bonds is 4. The third kappa shape index (κ3) is 3.72. The monoisotopic (exact) mass is 399 g/mol. The van der Waals surface area contributed by atoms with Gasteiger partial charge in [-0.15, -0.1) is 0 Å². The third-order valence-electron chi connectivity index (χ3n) is 5.51. The second-order valence-electron chi connectivity index (χ2n) is 7.44. The van der Waals surface area contributed by atoms with E-state index in [9.17, 15) is 4.79 Å². The van der Waals surface area contributed by atoms with Crippen LogP contribution in [-0.2, 0) is 0 Å². The van der Waals surface area contributed by atoms with Gasteiger partial charge in [0, 0.05) is 16.7 Å². The largest absolute Gasteiger partial charge is 0.321 e. The van der Waals surface area contributed by atoms with Crippen LogP contribution in [0.5, 0.6) is 0 Å². The third-order valence-corrected chi connectivity index (χ3v) is 5.51. The van der Waals surface area contributed by atoms with E-state index < -0.39 is 0 Å². The van der Waals surface area contributed by atoms with Gasteiger partial charge in [0.15, 0.2) is 0 Å². The van der Waals surface area contributed by atoms with Gasteiger partial charge in [-0.3, -0.25) is 4.79 Å². The maximum atomic E-state index is 13.5. The van der Waals surface area contributed by atoms with E-state index in [-0.39, 0.29) is 5.91 Å². The van der Waals surface area contributed by atoms with Crippen LogP contribution in [0.3, 0.4) is 0 Å². The van der Waals surface area contributed by atoms with Crippen molar-refractivity contribution < 1.29 is 4.79 Å². The van der Waals surface area contributed by atoms with Gasteiger partial charge >= 0.3 is 0 Å². The summed E-state index contributed by atoms with van der Waals surface area (Å²) in [6.07, 6.45) is 0. The van der Waals surface area contributed by atoms with Crippen molar-refractivity contribution >= 4 is 22.4 Å². The van der Waals surface area contributed by atoms with Crippen LogP contribution in [0, 0.1) is 0 Å². The van der Waals surface area contributed by atoms with Gasteiger partial charge < -0.3 is 5.32 Å². The minimum atomic E-state index is -0.114. The number of anilines is 1. The fraction of sp³-hybridized carbons (Fsp3) is 0. The van der Waals surface area contributed by atoms with Crippen molar-refractivity contribution in [3.63, 3.8) is 0 Å². The van der Waals surface area contributed by atoms with Crippen molar-refractivity contribution in [3.8, 4) is 22.3 Å². The molecule has 31 heavy (non-hydrogen) atoms. The Morgan fingerprint density at radius 1 is 0.516 bits per heavy atom. The molecule has 0 aliphatic rings. The summed E-state index contributed by atoms with van der Waals surface area (Å²) in [4.78, 5) is 13.5. The number of benzene rings is 5. The highest BCUT2D eigenvalue weighted by atomic mass is 16.1. The van der Waals surface area contributed by atoms with Crippen molar-refractivity contribution in [3.05, 3.63) is 127 Å². The number of fused-ring (bicyclic) bond motifs is 1. The number of para-hydroxylation sites is 1. The van der Waals surface area contributed by atoms with Crippen LogP contribution in [0.25, 0.3) is 33.0 Å². The molecule has 5 rings (SSSR count). The summed E-state index contributed by atoms with van der Waals surface area (Å²) in [7, 11) is 0. The van der Waals surface area contributed by atoms with E-state index in [4.69, 9.17) is 0 Å². The molecule has 1 N–H and O–H groups in total. The number of hydrogen-bond acceptors (Lipinski definition) is 1. The average Bonchev–Trinajstić information content (AvgIpc) is 2.85. The SMILES string of the molecule is O=C(Nc1c(-c2ccccc2)cccc1-c1ccccc1)c1cccc2ccccc12. The van der Waals surface area contributed by atoms with Gasteiger partial charge in [0.05, 0.1) is 5.69 Å². The van der Waals surface area contributed by atoms with Crippen molar-refractivity contribution in [2.75, 3.05) is 5.32 Å². The molecule has 0 aliphatic carbocycles. The van der Waals surface area contributed by atoms with Crippen LogP contribution in [0.4, 0.5) is 5.69 Å². The number of hydrogen-bond donors (Lipinski definition) is 1. The zero-order chi connectivity index (χ0) is 21.0. The minimum absolute atomic E-state index is 0.114. The summed E-state index contributed by atoms with van der Waals surface area (Å²) < 4.78 is 0. The molecule has 1 amide bonds. The molecule has 5 aromatic carbocycles. The smallest absolute Gasteiger partial charge is 0.256 e. The average molecular weight is 399 g/mol. The molecule has 0 bridgehead atoms. The highest BCUT2D eigenvalue weighted by Crippen LogP contribution is 2.37. The zero-order valence-electron chi connectivity index (χ0n) is 17.0.